The summed E-state index contributed by atoms with van der Waals surface area (Å²) in [4.78, 5) is 40.3. The molecule has 0 atom stereocenters. The second-order valence-corrected chi connectivity index (χ2v) is 23.7. The molecule has 0 amide bonds. The normalized spacial score (nSPS) is 11.8. The number of ether oxygens (including phenoxy) is 4. The molecule has 0 fully saturated rings. The number of para-hydroxylation sites is 1. The molecule has 0 spiro atoms. The van der Waals surface area contributed by atoms with Gasteiger partial charge in [0.1, 0.15) is 25.8 Å². The molecule has 11 rings (SSSR count). The zero-order valence-corrected chi connectivity index (χ0v) is 56.7. The number of aromatic nitrogens is 8. The van der Waals surface area contributed by atoms with Gasteiger partial charge in [-0.1, -0.05) is 247 Å². The molecule has 0 saturated carbocycles. The number of hydrogen-bond donors (Lipinski definition) is 0. The number of fused-ring (bicyclic) bond motifs is 20. The molecule has 8 bridgehead atoms. The molecule has 25 heteroatoms. The van der Waals surface area contributed by atoms with E-state index in [4.69, 9.17) is 198 Å². The number of nitrogens with zero attached hydrogens (tertiary/aromatic N) is 8. The monoisotopic (exact) mass is 1410 g/mol. The van der Waals surface area contributed by atoms with Crippen LogP contribution >= 0.6 is 139 Å². The fourth-order valence-corrected chi connectivity index (χ4v) is 13.2. The summed E-state index contributed by atoms with van der Waals surface area (Å²) in [5.74, 6) is 0.351. The van der Waals surface area contributed by atoms with Gasteiger partial charge in [-0.3, -0.25) is 0 Å². The quantitative estimate of drug-likeness (QED) is 0.0458. The molecule has 0 N–H and O–H groups in total. The van der Waals surface area contributed by atoms with Crippen molar-refractivity contribution in [2.45, 2.75) is 78.6 Å². The van der Waals surface area contributed by atoms with E-state index in [0.717, 1.165) is 49.7 Å². The van der Waals surface area contributed by atoms with Gasteiger partial charge < -0.3 is 48.9 Å². The van der Waals surface area contributed by atoms with Crippen molar-refractivity contribution < 1.29 is 38.4 Å². The van der Waals surface area contributed by atoms with Crippen LogP contribution < -0.4 is 28.9 Å². The van der Waals surface area contributed by atoms with E-state index in [1.165, 1.54) is 0 Å². The fraction of sp³-hybridized carbons (Fsp3) is 0.254. The third-order valence-electron chi connectivity index (χ3n) is 13.8. The average Bonchev–Trinajstić information content (AvgIpc) is 2.54. The number of halogens is 12. The Morgan fingerprint density at radius 2 is 0.679 bits per heavy atom. The van der Waals surface area contributed by atoms with Crippen LogP contribution in [-0.4, -0.2) is 49.7 Å². The average molecular weight is 1420 g/mol. The Morgan fingerprint density at radius 3 is 1.10 bits per heavy atom. The Hall–Kier alpha value is -4.02. The maximum absolute atomic E-state index is 7.58. The summed E-state index contributed by atoms with van der Waals surface area (Å²) < 4.78 is 25.5. The van der Waals surface area contributed by atoms with E-state index in [2.05, 4.69) is 20.8 Å². The van der Waals surface area contributed by atoms with E-state index in [-0.39, 0.29) is 212 Å². The molecular weight excluding hydrogens is 1380 g/mol. The molecule has 84 heavy (non-hydrogen) atoms. The van der Waals surface area contributed by atoms with E-state index in [0.29, 0.717) is 25.0 Å². The molecular formula is C59H42Cl12N8O4Zn. The van der Waals surface area contributed by atoms with Crippen LogP contribution in [0.5, 0.6) is 28.7 Å². The Balaban J connectivity index is 0.00000786. The number of hydrogen-bond acceptors (Lipinski definition) is 10. The topological polar surface area (TPSA) is 142 Å². The Labute approximate surface area is 555 Å². The SMILES string of the molecule is CCCCCOc1c(Cl)c(Cl)c2c(c1Cl)-c1nc-2nc2[n-]c(nc3nc(nc4[n-]c(n1)c1c(Cl)c(Cl)c(OCCCCC)c(Cl)c41)-c1c(Cl)c(Cl)c(OCCCCC)c(Cl)c1-3)c1c(Cl)c(Cl)c(Oc3ccccc3-c3ccccc3)c(Cl)c21.[Zn+2]. The largest absolute Gasteiger partial charge is 2.00 e. The third kappa shape index (κ3) is 11.4. The summed E-state index contributed by atoms with van der Waals surface area (Å²) in [6, 6.07) is 17.0. The van der Waals surface area contributed by atoms with Gasteiger partial charge in [-0.25, -0.2) is 9.97 Å². The van der Waals surface area contributed by atoms with Crippen LogP contribution in [0.4, 0.5) is 0 Å². The molecule has 0 saturated heterocycles. The minimum Gasteiger partial charge on any atom is -0.490 e. The molecule has 0 aliphatic carbocycles. The van der Waals surface area contributed by atoms with Crippen molar-refractivity contribution in [1.29, 1.82) is 0 Å². The van der Waals surface area contributed by atoms with Gasteiger partial charge in [-0.05, 0) is 30.9 Å². The molecule has 9 aromatic rings. The first-order valence-corrected chi connectivity index (χ1v) is 30.9. The molecule has 428 valence electrons. The van der Waals surface area contributed by atoms with Crippen LogP contribution in [-0.2, 0) is 19.5 Å². The maximum atomic E-state index is 7.58. The standard InChI is InChI=1S/C59H42Cl12N8O4.Zn/c1-4-7-15-22-80-48-40(64)32-28(36(60)44(48)68)52-72-56(32)73-53-29-33(41(65)49(45(69)37(29)61)81-23-16-8-5-2)58(75-53)77-55-31-35(43(67)51(47(71)39(31)63)83-27-21-14-13-20-26(27)25-18-11-10-12-19-25)59(79-55)78-54-30-34(57(74-52)76-54)42(66)50(46(70)38(30)62)82-24-17-9-6-3;/h10-14,18-21H,4-9,15-17,22-24H2,1-3H3;/q-2;+2. The van der Waals surface area contributed by atoms with Gasteiger partial charge in [-0.15, -0.1) is 0 Å². The van der Waals surface area contributed by atoms with Crippen LogP contribution in [0.25, 0.3) is 101 Å². The van der Waals surface area contributed by atoms with Crippen LogP contribution in [0, 0.1) is 0 Å². The third-order valence-corrected chi connectivity index (χ3v) is 18.6. The van der Waals surface area contributed by atoms with E-state index < -0.39 is 0 Å². The summed E-state index contributed by atoms with van der Waals surface area (Å²) >= 11 is 87.7. The molecule has 2 aliphatic heterocycles. The molecule has 0 radical (unpaired) electrons. The fourth-order valence-electron chi connectivity index (χ4n) is 9.70. The summed E-state index contributed by atoms with van der Waals surface area (Å²) in [6.45, 7) is 7.02. The van der Waals surface area contributed by atoms with Gasteiger partial charge in [0.15, 0.2) is 23.0 Å². The van der Waals surface area contributed by atoms with Crippen LogP contribution in [0.15, 0.2) is 54.6 Å². The summed E-state index contributed by atoms with van der Waals surface area (Å²) in [7, 11) is 0. The Kier molecular flexibility index (Phi) is 20.1. The molecule has 2 aliphatic rings. The van der Waals surface area contributed by atoms with E-state index in [1.54, 1.807) is 6.07 Å². The first-order chi connectivity index (χ1) is 40.1. The van der Waals surface area contributed by atoms with Crippen molar-refractivity contribution in [2.75, 3.05) is 19.8 Å². The summed E-state index contributed by atoms with van der Waals surface area (Å²) in [5.41, 5.74) is 1.92. The molecule has 5 heterocycles. The second-order valence-electron chi connectivity index (χ2n) is 19.2. The van der Waals surface area contributed by atoms with Crippen molar-refractivity contribution >= 4 is 183 Å². The van der Waals surface area contributed by atoms with Gasteiger partial charge in [0, 0.05) is 72.0 Å². The second kappa shape index (κ2) is 26.8. The summed E-state index contributed by atoms with van der Waals surface area (Å²) in [5, 5.41) is 0.304. The van der Waals surface area contributed by atoms with Gasteiger partial charge in [0.05, 0.1) is 83.3 Å². The maximum Gasteiger partial charge on any atom is 2.00 e. The van der Waals surface area contributed by atoms with Crippen LogP contribution in [0.3, 0.4) is 0 Å². The van der Waals surface area contributed by atoms with Gasteiger partial charge in [-0.2, -0.15) is 0 Å². The number of unbranched alkanes of at least 4 members (excludes halogenated alkanes) is 6. The predicted molar refractivity (Wildman–Crippen MR) is 341 cm³/mol. The first kappa shape index (κ1) is 63.0. The van der Waals surface area contributed by atoms with Crippen molar-refractivity contribution in [3.63, 3.8) is 0 Å². The van der Waals surface area contributed by atoms with E-state index in [9.17, 15) is 0 Å². The van der Waals surface area contributed by atoms with Crippen molar-refractivity contribution in [1.82, 2.24) is 39.9 Å². The minimum absolute atomic E-state index is 0. The Morgan fingerprint density at radius 1 is 0.345 bits per heavy atom. The Bertz CT molecular complexity index is 4260. The van der Waals surface area contributed by atoms with E-state index >= 15 is 0 Å². The first-order valence-electron chi connectivity index (χ1n) is 26.3. The van der Waals surface area contributed by atoms with Crippen LogP contribution in [0.2, 0.25) is 60.3 Å². The van der Waals surface area contributed by atoms with Gasteiger partial charge >= 0.3 is 19.5 Å². The molecule has 0 unspecified atom stereocenters. The molecule has 6 aromatic carbocycles. The molecule has 3 aromatic heterocycles. The smallest absolute Gasteiger partial charge is 0.490 e. The van der Waals surface area contributed by atoms with Gasteiger partial charge in [0.2, 0.25) is 0 Å². The van der Waals surface area contributed by atoms with Crippen molar-refractivity contribution in [3.05, 3.63) is 115 Å². The van der Waals surface area contributed by atoms with E-state index in [1.807, 2.05) is 48.5 Å². The minimum atomic E-state index is -0.0927. The van der Waals surface area contributed by atoms with Gasteiger partial charge in [0.25, 0.3) is 0 Å². The zero-order chi connectivity index (χ0) is 58.5. The molecule has 12 nitrogen and oxygen atoms in total. The van der Waals surface area contributed by atoms with Crippen LogP contribution in [0.1, 0.15) is 78.6 Å². The zero-order valence-electron chi connectivity index (χ0n) is 44.6. The number of benzene rings is 6. The van der Waals surface area contributed by atoms with Crippen molar-refractivity contribution in [3.8, 4) is 85.4 Å². The van der Waals surface area contributed by atoms with Crippen molar-refractivity contribution in [2.24, 2.45) is 0 Å². The number of rotatable bonds is 18. The predicted octanol–water partition coefficient (Wildman–Crippen LogP) is 22.1. The summed E-state index contributed by atoms with van der Waals surface area (Å²) in [6.07, 6.45) is 7.54.